The maximum absolute atomic E-state index is 14.2. The Morgan fingerprint density at radius 3 is 2.77 bits per heavy atom. The average Bonchev–Trinajstić information content (AvgIpc) is 3.26. The number of nitrogens with zero attached hydrogens (tertiary/aromatic N) is 1. The molecule has 4 rings (SSSR count). The molecule has 2 aromatic carbocycles. The second-order valence-corrected chi connectivity index (χ2v) is 7.90. The number of rotatable bonds is 5. The maximum atomic E-state index is 14.2. The summed E-state index contributed by atoms with van der Waals surface area (Å²) in [6.45, 7) is 0.178. The number of halogens is 2. The molecule has 5 nitrogen and oxygen atoms in total. The number of thiophene rings is 1. The van der Waals surface area contributed by atoms with Gasteiger partial charge in [-0.25, -0.2) is 4.39 Å². The molecule has 0 bridgehead atoms. The van der Waals surface area contributed by atoms with E-state index >= 15 is 0 Å². The Bertz CT molecular complexity index is 1110. The monoisotopic (exact) mass is 442 g/mol. The minimum absolute atomic E-state index is 0.0454. The molecule has 0 saturated carbocycles. The molecule has 1 aromatic heterocycles. The molecule has 1 aliphatic heterocycles. The van der Waals surface area contributed by atoms with Gasteiger partial charge in [0.15, 0.2) is 11.5 Å². The molecule has 0 unspecified atom stereocenters. The fraction of sp³-hybridized carbons (Fsp3) is 0.0909. The Hall–Kier alpha value is -3.16. The summed E-state index contributed by atoms with van der Waals surface area (Å²) < 4.78 is 19.9. The summed E-state index contributed by atoms with van der Waals surface area (Å²) in [6, 6.07) is 14.9. The number of hydrogen-bond donors (Lipinski definition) is 1. The van der Waals surface area contributed by atoms with Gasteiger partial charge in [0, 0.05) is 10.4 Å². The van der Waals surface area contributed by atoms with Crippen LogP contribution in [0.25, 0.3) is 6.08 Å². The lowest BCUT2D eigenvalue weighted by Gasteiger charge is -2.30. The first-order chi connectivity index (χ1) is 14.5. The Balaban J connectivity index is 1.61. The highest BCUT2D eigenvalue weighted by molar-refractivity contribution is 7.09. The maximum Gasteiger partial charge on any atom is 0.294 e. The number of ether oxygens (including phenoxy) is 1. The number of benzene rings is 2. The predicted octanol–water partition coefficient (Wildman–Crippen LogP) is 4.62. The van der Waals surface area contributed by atoms with E-state index in [1.807, 2.05) is 17.5 Å². The normalized spacial score (nSPS) is 14.4. The highest BCUT2D eigenvalue weighted by atomic mass is 35.5. The van der Waals surface area contributed by atoms with Crippen LogP contribution in [0.5, 0.6) is 5.75 Å². The van der Waals surface area contributed by atoms with Crippen LogP contribution in [0.2, 0.25) is 5.02 Å². The van der Waals surface area contributed by atoms with Crippen LogP contribution in [0, 0.1) is 5.82 Å². The first kappa shape index (κ1) is 20.1. The molecular formula is C22H16ClFN2O3S. The molecule has 0 spiro atoms. The van der Waals surface area contributed by atoms with E-state index in [2.05, 4.69) is 5.32 Å². The Labute approximate surface area is 181 Å². The first-order valence-corrected chi connectivity index (χ1v) is 10.3. The van der Waals surface area contributed by atoms with Crippen LogP contribution in [0.1, 0.15) is 10.4 Å². The minimum atomic E-state index is -0.578. The molecule has 0 fully saturated rings. The number of anilines is 1. The van der Waals surface area contributed by atoms with Gasteiger partial charge in [0.05, 0.1) is 17.3 Å². The first-order valence-electron chi connectivity index (χ1n) is 9.06. The van der Waals surface area contributed by atoms with Crippen LogP contribution in [-0.2, 0) is 16.1 Å². The summed E-state index contributed by atoms with van der Waals surface area (Å²) in [7, 11) is 0. The van der Waals surface area contributed by atoms with Crippen molar-refractivity contribution in [3.05, 3.63) is 87.0 Å². The predicted molar refractivity (Wildman–Crippen MR) is 115 cm³/mol. The number of carbonyl (C=O) groups is 2. The van der Waals surface area contributed by atoms with Crippen molar-refractivity contribution < 1.29 is 18.7 Å². The Morgan fingerprint density at radius 1 is 1.17 bits per heavy atom. The van der Waals surface area contributed by atoms with Gasteiger partial charge < -0.3 is 10.1 Å². The van der Waals surface area contributed by atoms with Crippen molar-refractivity contribution in [2.24, 2.45) is 0 Å². The number of nitrogens with one attached hydrogen (secondary N) is 1. The Morgan fingerprint density at radius 2 is 2.00 bits per heavy atom. The van der Waals surface area contributed by atoms with Gasteiger partial charge in [-0.1, -0.05) is 35.9 Å². The molecule has 2 heterocycles. The van der Waals surface area contributed by atoms with Gasteiger partial charge >= 0.3 is 0 Å². The fourth-order valence-corrected chi connectivity index (χ4v) is 3.86. The van der Waals surface area contributed by atoms with Crippen LogP contribution in [0.15, 0.2) is 65.7 Å². The topological polar surface area (TPSA) is 58.6 Å². The van der Waals surface area contributed by atoms with E-state index in [1.54, 1.807) is 24.3 Å². The summed E-state index contributed by atoms with van der Waals surface area (Å²) in [5, 5.41) is 4.88. The van der Waals surface area contributed by atoms with Crippen LogP contribution in [0.3, 0.4) is 0 Å². The lowest BCUT2D eigenvalue weighted by atomic mass is 10.1. The lowest BCUT2D eigenvalue weighted by molar-refractivity contribution is -0.123. The largest absolute Gasteiger partial charge is 0.449 e. The van der Waals surface area contributed by atoms with Gasteiger partial charge in [-0.15, -0.1) is 11.3 Å². The molecule has 0 saturated heterocycles. The van der Waals surface area contributed by atoms with Crippen molar-refractivity contribution in [1.82, 2.24) is 5.32 Å². The van der Waals surface area contributed by atoms with Gasteiger partial charge in [0.1, 0.15) is 12.4 Å². The van der Waals surface area contributed by atoms with Gasteiger partial charge in [-0.3, -0.25) is 14.5 Å². The summed E-state index contributed by atoms with van der Waals surface area (Å²) in [6.07, 6.45) is 1.26. The van der Waals surface area contributed by atoms with Gasteiger partial charge in [0.2, 0.25) is 5.91 Å². The third kappa shape index (κ3) is 4.22. The minimum Gasteiger partial charge on any atom is -0.449 e. The molecule has 1 aliphatic rings. The third-order valence-electron chi connectivity index (χ3n) is 4.45. The zero-order valence-corrected chi connectivity index (χ0v) is 17.2. The molecule has 1 N–H and O–H groups in total. The molecule has 30 heavy (non-hydrogen) atoms. The quantitative estimate of drug-likeness (QED) is 0.586. The average molecular weight is 443 g/mol. The van der Waals surface area contributed by atoms with Gasteiger partial charge in [-0.05, 0) is 41.8 Å². The number of amides is 2. The molecular weight excluding hydrogens is 427 g/mol. The third-order valence-corrected chi connectivity index (χ3v) is 5.65. The number of para-hydroxylation sites is 2. The summed E-state index contributed by atoms with van der Waals surface area (Å²) >= 11 is 7.61. The summed E-state index contributed by atoms with van der Waals surface area (Å²) in [5.74, 6) is -1.19. The van der Waals surface area contributed by atoms with E-state index in [4.69, 9.17) is 16.3 Å². The van der Waals surface area contributed by atoms with Gasteiger partial charge in [-0.2, -0.15) is 0 Å². The smallest absolute Gasteiger partial charge is 0.294 e. The van der Waals surface area contributed by atoms with Crippen LogP contribution >= 0.6 is 22.9 Å². The van der Waals surface area contributed by atoms with E-state index in [0.717, 1.165) is 4.88 Å². The molecule has 0 aliphatic carbocycles. The van der Waals surface area contributed by atoms with Crippen LogP contribution in [0.4, 0.5) is 10.1 Å². The molecule has 3 aromatic rings. The van der Waals surface area contributed by atoms with E-state index in [0.29, 0.717) is 18.0 Å². The SMILES string of the molecule is O=C(CN1C(=O)/C(=C/c2c(F)cccc2Cl)Oc2ccccc21)NCc1cccs1. The Kier molecular flexibility index (Phi) is 5.83. The standard InChI is InChI=1S/C22H16ClFN2O3S/c23-16-6-3-7-17(24)15(16)11-20-22(28)26(18-8-1-2-9-19(18)29-20)13-21(27)25-12-14-5-4-10-30-14/h1-11H,12-13H2,(H,25,27)/b20-11-. The highest BCUT2D eigenvalue weighted by Crippen LogP contribution is 2.36. The molecule has 152 valence electrons. The second kappa shape index (κ2) is 8.69. The van der Waals surface area contributed by atoms with E-state index in [9.17, 15) is 14.0 Å². The second-order valence-electron chi connectivity index (χ2n) is 6.46. The summed E-state index contributed by atoms with van der Waals surface area (Å²) in [5.41, 5.74) is 0.509. The van der Waals surface area contributed by atoms with Gasteiger partial charge in [0.25, 0.3) is 5.91 Å². The zero-order valence-electron chi connectivity index (χ0n) is 15.6. The number of carbonyl (C=O) groups excluding carboxylic acids is 2. The van der Waals surface area contributed by atoms with Crippen LogP contribution < -0.4 is 15.0 Å². The molecule has 0 atom stereocenters. The van der Waals surface area contributed by atoms with E-state index in [-0.39, 0.29) is 28.8 Å². The van der Waals surface area contributed by atoms with Crippen molar-refractivity contribution >= 4 is 46.5 Å². The van der Waals surface area contributed by atoms with Crippen molar-refractivity contribution in [3.8, 4) is 5.75 Å². The van der Waals surface area contributed by atoms with Crippen molar-refractivity contribution in [2.45, 2.75) is 6.54 Å². The lowest BCUT2D eigenvalue weighted by Crippen LogP contribution is -2.44. The number of hydrogen-bond acceptors (Lipinski definition) is 4. The van der Waals surface area contributed by atoms with Crippen molar-refractivity contribution in [1.29, 1.82) is 0 Å². The molecule has 8 heteroatoms. The summed E-state index contributed by atoms with van der Waals surface area (Å²) in [4.78, 5) is 27.9. The molecule has 0 radical (unpaired) electrons. The van der Waals surface area contributed by atoms with Crippen molar-refractivity contribution in [2.75, 3.05) is 11.4 Å². The number of fused-ring (bicyclic) bond motifs is 1. The fourth-order valence-electron chi connectivity index (χ4n) is 3.00. The van der Waals surface area contributed by atoms with E-state index in [1.165, 1.54) is 40.5 Å². The van der Waals surface area contributed by atoms with Crippen molar-refractivity contribution in [3.63, 3.8) is 0 Å². The van der Waals surface area contributed by atoms with Crippen LogP contribution in [-0.4, -0.2) is 18.4 Å². The van der Waals surface area contributed by atoms with E-state index < -0.39 is 11.7 Å². The zero-order chi connectivity index (χ0) is 21.1. The molecule has 2 amide bonds. The highest BCUT2D eigenvalue weighted by Gasteiger charge is 2.32.